The molecule has 0 saturated heterocycles. The molecule has 0 unspecified atom stereocenters. The van der Waals surface area contributed by atoms with E-state index in [0.29, 0.717) is 18.9 Å². The van der Waals surface area contributed by atoms with Crippen LogP contribution >= 0.6 is 0 Å². The molecule has 2 rings (SSSR count). The molecule has 1 aliphatic heterocycles. The summed E-state index contributed by atoms with van der Waals surface area (Å²) in [4.78, 5) is 11.8. The Hall–Kier alpha value is -1.03. The maximum absolute atomic E-state index is 11.8. The second-order valence-corrected chi connectivity index (χ2v) is 5.03. The quantitative estimate of drug-likeness (QED) is 0.784. The number of amides is 1. The van der Waals surface area contributed by atoms with Gasteiger partial charge in [-0.3, -0.25) is 4.79 Å². The smallest absolute Gasteiger partial charge is 0.286 e. The van der Waals surface area contributed by atoms with Crippen LogP contribution in [0.1, 0.15) is 44.9 Å². The Bertz CT molecular complexity index is 306. The number of hydrogen-bond acceptors (Lipinski definition) is 3. The van der Waals surface area contributed by atoms with Crippen molar-refractivity contribution in [2.45, 2.75) is 50.5 Å². The zero-order chi connectivity index (χ0) is 12.1. The minimum atomic E-state index is -0.705. The third-order valence-corrected chi connectivity index (χ3v) is 3.52. The van der Waals surface area contributed by atoms with Crippen molar-refractivity contribution < 1.29 is 14.6 Å². The molecule has 0 atom stereocenters. The fraction of sp³-hybridized carbons (Fsp3) is 0.769. The Morgan fingerprint density at radius 2 is 2.12 bits per heavy atom. The molecule has 0 aromatic carbocycles. The normalized spacial score (nSPS) is 23.5. The zero-order valence-electron chi connectivity index (χ0n) is 10.2. The highest BCUT2D eigenvalue weighted by atomic mass is 16.5. The van der Waals surface area contributed by atoms with Crippen molar-refractivity contribution in [3.63, 3.8) is 0 Å². The summed E-state index contributed by atoms with van der Waals surface area (Å²) in [5.74, 6) is 0.222. The van der Waals surface area contributed by atoms with E-state index < -0.39 is 5.60 Å². The number of ether oxygens (including phenoxy) is 1. The first kappa shape index (κ1) is 12.4. The average molecular weight is 239 g/mol. The Balaban J connectivity index is 1.80. The van der Waals surface area contributed by atoms with Gasteiger partial charge in [0.05, 0.1) is 12.2 Å². The lowest BCUT2D eigenvalue weighted by molar-refractivity contribution is -0.122. The number of rotatable bonds is 3. The zero-order valence-corrected chi connectivity index (χ0v) is 10.2. The van der Waals surface area contributed by atoms with Gasteiger partial charge in [0.25, 0.3) is 5.91 Å². The van der Waals surface area contributed by atoms with Gasteiger partial charge in [-0.15, -0.1) is 0 Å². The minimum absolute atomic E-state index is 0.191. The van der Waals surface area contributed by atoms with Crippen molar-refractivity contribution in [2.24, 2.45) is 0 Å². The highest BCUT2D eigenvalue weighted by Crippen LogP contribution is 2.27. The largest absolute Gasteiger partial charge is 0.488 e. The van der Waals surface area contributed by atoms with Crippen molar-refractivity contribution >= 4 is 5.91 Å². The maximum Gasteiger partial charge on any atom is 0.286 e. The molecule has 2 aliphatic rings. The fourth-order valence-electron chi connectivity index (χ4n) is 2.43. The van der Waals surface area contributed by atoms with Gasteiger partial charge in [-0.05, 0) is 31.8 Å². The fourth-order valence-corrected chi connectivity index (χ4v) is 2.43. The summed E-state index contributed by atoms with van der Waals surface area (Å²) >= 11 is 0. The summed E-state index contributed by atoms with van der Waals surface area (Å²) in [7, 11) is 0. The molecule has 17 heavy (non-hydrogen) atoms. The molecule has 1 amide bonds. The molecule has 4 heteroatoms. The van der Waals surface area contributed by atoms with E-state index in [9.17, 15) is 9.90 Å². The number of carbonyl (C=O) groups is 1. The lowest BCUT2D eigenvalue weighted by Crippen LogP contribution is -2.44. The van der Waals surface area contributed by atoms with E-state index in [0.717, 1.165) is 38.5 Å². The maximum atomic E-state index is 11.8. The van der Waals surface area contributed by atoms with Crippen LogP contribution in [0.3, 0.4) is 0 Å². The van der Waals surface area contributed by atoms with Crippen LogP contribution < -0.4 is 5.32 Å². The van der Waals surface area contributed by atoms with Crippen LogP contribution in [0.5, 0.6) is 0 Å². The van der Waals surface area contributed by atoms with Crippen molar-refractivity contribution in [3.8, 4) is 0 Å². The third kappa shape index (κ3) is 3.46. The van der Waals surface area contributed by atoms with E-state index in [-0.39, 0.29) is 5.91 Å². The van der Waals surface area contributed by atoms with Crippen molar-refractivity contribution in [1.82, 2.24) is 5.32 Å². The van der Waals surface area contributed by atoms with E-state index in [1.54, 1.807) is 0 Å². The van der Waals surface area contributed by atoms with Gasteiger partial charge in [-0.25, -0.2) is 0 Å². The standard InChI is InChI=1S/C13H21NO3/c15-12(11-6-2-5-9-17-11)14-10-13(16)7-3-1-4-8-13/h6,16H,1-5,7-10H2,(H,14,15). The summed E-state index contributed by atoms with van der Waals surface area (Å²) in [6.45, 7) is 0.954. The lowest BCUT2D eigenvalue weighted by atomic mass is 9.85. The van der Waals surface area contributed by atoms with Crippen LogP contribution in [0.4, 0.5) is 0 Å². The molecule has 2 N–H and O–H groups in total. The van der Waals surface area contributed by atoms with E-state index in [1.165, 1.54) is 6.42 Å². The first-order valence-electron chi connectivity index (χ1n) is 6.53. The van der Waals surface area contributed by atoms with Gasteiger partial charge >= 0.3 is 0 Å². The number of allylic oxidation sites excluding steroid dienone is 1. The Labute approximate surface area is 102 Å². The van der Waals surface area contributed by atoms with Crippen LogP contribution in [0.25, 0.3) is 0 Å². The molecule has 1 aliphatic carbocycles. The van der Waals surface area contributed by atoms with Crippen molar-refractivity contribution in [3.05, 3.63) is 11.8 Å². The Morgan fingerprint density at radius 3 is 2.76 bits per heavy atom. The van der Waals surface area contributed by atoms with Crippen molar-refractivity contribution in [2.75, 3.05) is 13.2 Å². The molecule has 1 fully saturated rings. The van der Waals surface area contributed by atoms with Gasteiger partial charge in [0, 0.05) is 6.54 Å². The topological polar surface area (TPSA) is 58.6 Å². The molecule has 1 saturated carbocycles. The van der Waals surface area contributed by atoms with Crippen molar-refractivity contribution in [1.29, 1.82) is 0 Å². The highest BCUT2D eigenvalue weighted by molar-refractivity contribution is 5.91. The molecular formula is C13H21NO3. The van der Waals surface area contributed by atoms with Gasteiger partial charge in [-0.1, -0.05) is 19.3 Å². The molecule has 0 spiro atoms. The molecule has 96 valence electrons. The van der Waals surface area contributed by atoms with Gasteiger partial charge in [-0.2, -0.15) is 0 Å². The van der Waals surface area contributed by atoms with Crippen LogP contribution in [0, 0.1) is 0 Å². The summed E-state index contributed by atoms with van der Waals surface area (Å²) in [6, 6.07) is 0. The number of carbonyl (C=O) groups excluding carboxylic acids is 1. The Kier molecular flexibility index (Phi) is 4.05. The van der Waals surface area contributed by atoms with Crippen LogP contribution in [0.2, 0.25) is 0 Å². The summed E-state index contributed by atoms with van der Waals surface area (Å²) in [5.41, 5.74) is -0.705. The average Bonchev–Trinajstić information content (AvgIpc) is 2.38. The van der Waals surface area contributed by atoms with Gasteiger partial charge in [0.2, 0.25) is 0 Å². The second kappa shape index (κ2) is 5.54. The van der Waals surface area contributed by atoms with E-state index >= 15 is 0 Å². The van der Waals surface area contributed by atoms with E-state index in [2.05, 4.69) is 5.32 Å². The molecule has 0 aromatic heterocycles. The molecule has 0 bridgehead atoms. The summed E-state index contributed by atoms with van der Waals surface area (Å²) in [5, 5.41) is 13.0. The molecule has 4 nitrogen and oxygen atoms in total. The summed E-state index contributed by atoms with van der Waals surface area (Å²) < 4.78 is 5.28. The second-order valence-electron chi connectivity index (χ2n) is 5.03. The molecule has 1 heterocycles. The van der Waals surface area contributed by atoms with Gasteiger partial charge in [0.1, 0.15) is 0 Å². The van der Waals surface area contributed by atoms with Crippen LogP contribution in [0.15, 0.2) is 11.8 Å². The number of aliphatic hydroxyl groups is 1. The molecular weight excluding hydrogens is 218 g/mol. The Morgan fingerprint density at radius 1 is 1.35 bits per heavy atom. The van der Waals surface area contributed by atoms with Crippen LogP contribution in [-0.2, 0) is 9.53 Å². The monoisotopic (exact) mass is 239 g/mol. The third-order valence-electron chi connectivity index (χ3n) is 3.52. The predicted molar refractivity (Wildman–Crippen MR) is 64.3 cm³/mol. The lowest BCUT2D eigenvalue weighted by Gasteiger charge is -2.32. The molecule has 0 aromatic rings. The van der Waals surface area contributed by atoms with Crippen LogP contribution in [-0.4, -0.2) is 29.8 Å². The number of nitrogens with one attached hydrogen (secondary N) is 1. The SMILES string of the molecule is O=C(NCC1(O)CCCCC1)C1=CCCCO1. The van der Waals surface area contributed by atoms with E-state index in [1.807, 2.05) is 6.08 Å². The minimum Gasteiger partial charge on any atom is -0.488 e. The first-order chi connectivity index (χ1) is 8.20. The highest BCUT2D eigenvalue weighted by Gasteiger charge is 2.30. The first-order valence-corrected chi connectivity index (χ1v) is 6.53. The van der Waals surface area contributed by atoms with Gasteiger partial charge in [0.15, 0.2) is 5.76 Å². The van der Waals surface area contributed by atoms with Gasteiger partial charge < -0.3 is 15.2 Å². The van der Waals surface area contributed by atoms with E-state index in [4.69, 9.17) is 4.74 Å². The number of hydrogen-bond donors (Lipinski definition) is 2. The summed E-state index contributed by atoms with van der Waals surface area (Å²) in [6.07, 6.45) is 8.54. The predicted octanol–water partition coefficient (Wildman–Crippen LogP) is 1.49. The molecule has 0 radical (unpaired) electrons.